The smallest absolute Gasteiger partial charge is 0.167 e. The molecule has 0 atom stereocenters. The van der Waals surface area contributed by atoms with E-state index in [-0.39, 0.29) is 11.6 Å². The molecule has 0 aliphatic rings. The molecule has 5 aromatic rings. The van der Waals surface area contributed by atoms with Gasteiger partial charge in [-0.05, 0) is 49.4 Å². The SMILES string of the molecule is CCOc1c2[nH]c3ccc(F)cc3c2cc2c1[nH]c1ccc(F)cc12. The van der Waals surface area contributed by atoms with Gasteiger partial charge in [0.15, 0.2) is 5.75 Å². The molecule has 0 aliphatic heterocycles. The van der Waals surface area contributed by atoms with Crippen molar-refractivity contribution in [2.45, 2.75) is 6.92 Å². The molecule has 5 heteroatoms. The van der Waals surface area contributed by atoms with Crippen molar-refractivity contribution in [3.05, 3.63) is 54.1 Å². The first-order valence-corrected chi connectivity index (χ1v) is 8.13. The van der Waals surface area contributed by atoms with Gasteiger partial charge >= 0.3 is 0 Å². The number of hydrogen-bond donors (Lipinski definition) is 2. The summed E-state index contributed by atoms with van der Waals surface area (Å²) in [4.78, 5) is 6.64. The van der Waals surface area contributed by atoms with Crippen LogP contribution in [0, 0.1) is 11.6 Å². The van der Waals surface area contributed by atoms with Crippen LogP contribution in [0.4, 0.5) is 8.78 Å². The molecule has 5 rings (SSSR count). The Labute approximate surface area is 141 Å². The molecule has 2 heterocycles. The van der Waals surface area contributed by atoms with Gasteiger partial charge in [0, 0.05) is 32.6 Å². The second kappa shape index (κ2) is 4.96. The zero-order valence-corrected chi connectivity index (χ0v) is 13.4. The maximum Gasteiger partial charge on any atom is 0.167 e. The second-order valence-corrected chi connectivity index (χ2v) is 6.11. The summed E-state index contributed by atoms with van der Waals surface area (Å²) in [5.74, 6) is 0.0797. The van der Waals surface area contributed by atoms with E-state index in [1.807, 2.05) is 13.0 Å². The fourth-order valence-electron chi connectivity index (χ4n) is 3.59. The number of halogens is 2. The summed E-state index contributed by atoms with van der Waals surface area (Å²) in [5.41, 5.74) is 3.28. The summed E-state index contributed by atoms with van der Waals surface area (Å²) in [5, 5.41) is 3.28. The van der Waals surface area contributed by atoms with Crippen LogP contribution in [0.15, 0.2) is 42.5 Å². The number of aromatic nitrogens is 2. The van der Waals surface area contributed by atoms with Crippen molar-refractivity contribution in [1.29, 1.82) is 0 Å². The van der Waals surface area contributed by atoms with E-state index in [9.17, 15) is 8.78 Å². The van der Waals surface area contributed by atoms with Gasteiger partial charge in [-0.2, -0.15) is 0 Å². The van der Waals surface area contributed by atoms with Gasteiger partial charge in [0.25, 0.3) is 0 Å². The normalized spacial score (nSPS) is 12.0. The first kappa shape index (κ1) is 14.3. The highest BCUT2D eigenvalue weighted by molar-refractivity contribution is 6.20. The summed E-state index contributed by atoms with van der Waals surface area (Å²) in [6, 6.07) is 11.3. The first-order valence-electron chi connectivity index (χ1n) is 8.13. The Hall–Kier alpha value is -3.08. The van der Waals surface area contributed by atoms with E-state index >= 15 is 0 Å². The minimum absolute atomic E-state index is 0.295. The van der Waals surface area contributed by atoms with E-state index in [0.29, 0.717) is 12.4 Å². The molecule has 0 unspecified atom stereocenters. The maximum atomic E-state index is 13.7. The number of ether oxygens (including phenoxy) is 1. The van der Waals surface area contributed by atoms with Crippen LogP contribution in [0.3, 0.4) is 0 Å². The van der Waals surface area contributed by atoms with Crippen molar-refractivity contribution >= 4 is 43.6 Å². The molecule has 124 valence electrons. The monoisotopic (exact) mass is 336 g/mol. The molecule has 25 heavy (non-hydrogen) atoms. The van der Waals surface area contributed by atoms with E-state index in [0.717, 1.165) is 43.6 Å². The topological polar surface area (TPSA) is 40.8 Å². The number of H-pyrrole nitrogens is 2. The van der Waals surface area contributed by atoms with E-state index < -0.39 is 0 Å². The Bertz CT molecular complexity index is 1190. The molecule has 0 amide bonds. The second-order valence-electron chi connectivity index (χ2n) is 6.11. The largest absolute Gasteiger partial charge is 0.489 e. The van der Waals surface area contributed by atoms with Crippen molar-refractivity contribution in [2.24, 2.45) is 0 Å². The van der Waals surface area contributed by atoms with Crippen LogP contribution in [0.2, 0.25) is 0 Å². The molecule has 0 radical (unpaired) electrons. The van der Waals surface area contributed by atoms with Crippen LogP contribution >= 0.6 is 0 Å². The van der Waals surface area contributed by atoms with Crippen LogP contribution < -0.4 is 4.74 Å². The average Bonchev–Trinajstić information content (AvgIpc) is 3.13. The van der Waals surface area contributed by atoms with Gasteiger partial charge in [0.2, 0.25) is 0 Å². The fourth-order valence-corrected chi connectivity index (χ4v) is 3.59. The highest BCUT2D eigenvalue weighted by Gasteiger charge is 2.17. The molecule has 0 fully saturated rings. The zero-order valence-electron chi connectivity index (χ0n) is 13.4. The lowest BCUT2D eigenvalue weighted by Crippen LogP contribution is -1.93. The molecule has 3 aromatic carbocycles. The van der Waals surface area contributed by atoms with Crippen LogP contribution in [0.1, 0.15) is 6.92 Å². The molecule has 2 N–H and O–H groups in total. The Balaban J connectivity index is 2.03. The van der Waals surface area contributed by atoms with Gasteiger partial charge < -0.3 is 14.7 Å². The predicted molar refractivity (Wildman–Crippen MR) is 96.3 cm³/mol. The minimum atomic E-state index is -0.295. The minimum Gasteiger partial charge on any atom is -0.489 e. The predicted octanol–water partition coefficient (Wildman–Crippen LogP) is 5.63. The van der Waals surface area contributed by atoms with Gasteiger partial charge in [-0.1, -0.05) is 0 Å². The van der Waals surface area contributed by atoms with Crippen LogP contribution in [-0.2, 0) is 0 Å². The Morgan fingerprint density at radius 3 is 1.76 bits per heavy atom. The fraction of sp³-hybridized carbons (Fsp3) is 0.100. The quantitative estimate of drug-likeness (QED) is 0.431. The summed E-state index contributed by atoms with van der Waals surface area (Å²) < 4.78 is 33.4. The van der Waals surface area contributed by atoms with E-state index in [1.165, 1.54) is 24.3 Å². The van der Waals surface area contributed by atoms with Gasteiger partial charge in [-0.15, -0.1) is 0 Å². The van der Waals surface area contributed by atoms with E-state index in [2.05, 4.69) is 9.97 Å². The standard InChI is InChI=1S/C20H14F2N2O/c1-2-25-20-18-14(12-7-10(21)3-5-16(12)23-18)9-15-13-8-11(22)4-6-17(13)24-19(15)20/h3-9,23-24H,2H2,1H3. The van der Waals surface area contributed by atoms with E-state index in [4.69, 9.17) is 4.74 Å². The first-order chi connectivity index (χ1) is 12.2. The zero-order chi connectivity index (χ0) is 17.1. The molecular weight excluding hydrogens is 322 g/mol. The Morgan fingerprint density at radius 1 is 0.760 bits per heavy atom. The third-order valence-electron chi connectivity index (χ3n) is 4.63. The van der Waals surface area contributed by atoms with E-state index in [1.54, 1.807) is 12.1 Å². The number of aromatic amines is 2. The Kier molecular flexibility index (Phi) is 2.83. The highest BCUT2D eigenvalue weighted by Crippen LogP contribution is 2.41. The van der Waals surface area contributed by atoms with Crippen molar-refractivity contribution in [2.75, 3.05) is 6.61 Å². The lowest BCUT2D eigenvalue weighted by molar-refractivity contribution is 0.347. The highest BCUT2D eigenvalue weighted by atomic mass is 19.1. The molecule has 0 aliphatic carbocycles. The molecular formula is C20H14F2N2O. The van der Waals surface area contributed by atoms with Gasteiger partial charge in [0.1, 0.15) is 11.6 Å². The number of benzene rings is 3. The molecule has 0 bridgehead atoms. The Morgan fingerprint density at radius 2 is 1.28 bits per heavy atom. The maximum absolute atomic E-state index is 13.7. The van der Waals surface area contributed by atoms with Gasteiger partial charge in [-0.25, -0.2) is 8.78 Å². The molecule has 3 nitrogen and oxygen atoms in total. The number of hydrogen-bond acceptors (Lipinski definition) is 1. The number of nitrogens with one attached hydrogen (secondary N) is 2. The molecule has 0 spiro atoms. The van der Waals surface area contributed by atoms with Crippen LogP contribution in [0.25, 0.3) is 43.6 Å². The van der Waals surface area contributed by atoms with Crippen molar-refractivity contribution in [1.82, 2.24) is 9.97 Å². The number of fused-ring (bicyclic) bond motifs is 6. The molecule has 2 aromatic heterocycles. The summed E-state index contributed by atoms with van der Waals surface area (Å²) in [6.07, 6.45) is 0. The summed E-state index contributed by atoms with van der Waals surface area (Å²) in [6.45, 7) is 2.40. The van der Waals surface area contributed by atoms with Crippen molar-refractivity contribution in [3.8, 4) is 5.75 Å². The lowest BCUT2D eigenvalue weighted by atomic mass is 10.1. The summed E-state index contributed by atoms with van der Waals surface area (Å²) in [7, 11) is 0. The average molecular weight is 336 g/mol. The van der Waals surface area contributed by atoms with Crippen LogP contribution in [-0.4, -0.2) is 16.6 Å². The third-order valence-corrected chi connectivity index (χ3v) is 4.63. The van der Waals surface area contributed by atoms with Crippen molar-refractivity contribution < 1.29 is 13.5 Å². The molecule has 0 saturated heterocycles. The van der Waals surface area contributed by atoms with Gasteiger partial charge in [0.05, 0.1) is 17.6 Å². The molecule has 0 saturated carbocycles. The van der Waals surface area contributed by atoms with Crippen LogP contribution in [0.5, 0.6) is 5.75 Å². The van der Waals surface area contributed by atoms with Gasteiger partial charge in [-0.3, -0.25) is 0 Å². The van der Waals surface area contributed by atoms with Crippen molar-refractivity contribution in [3.63, 3.8) is 0 Å². The lowest BCUT2D eigenvalue weighted by Gasteiger charge is -2.06. The summed E-state index contributed by atoms with van der Waals surface area (Å²) >= 11 is 0. The third kappa shape index (κ3) is 1.95. The number of rotatable bonds is 2.